The Hall–Kier alpha value is -1.47. The first-order valence-corrected chi connectivity index (χ1v) is 33.9. The summed E-state index contributed by atoms with van der Waals surface area (Å²) in [6.07, 6.45) is 25.8. The molecule has 0 aliphatic carbocycles. The Labute approximate surface area is 506 Å². The topological polar surface area (TPSA) is 307 Å². The molecular weight excluding hydrogens is 1080 g/mol. The maximum Gasteiger partial charge on any atom is 0.220 e. The summed E-state index contributed by atoms with van der Waals surface area (Å²) in [6, 6.07) is -0.965. The maximum absolute atomic E-state index is 13.3. The fourth-order valence-corrected chi connectivity index (χ4v) is 11.8. The van der Waals surface area contributed by atoms with Crippen molar-refractivity contribution in [3.05, 3.63) is 12.2 Å². The smallest absolute Gasteiger partial charge is 0.220 e. The van der Waals surface area contributed by atoms with Crippen LogP contribution in [0.15, 0.2) is 12.2 Å². The summed E-state index contributed by atoms with van der Waals surface area (Å²) >= 11 is 0. The third-order valence-corrected chi connectivity index (χ3v) is 17.3. The third kappa shape index (κ3) is 30.8. The van der Waals surface area contributed by atoms with Gasteiger partial charge in [-0.2, -0.15) is 0 Å². The number of amides is 1. The zero-order valence-electron chi connectivity index (χ0n) is 52.2. The molecule has 0 spiro atoms. The maximum atomic E-state index is 13.3. The standard InChI is InChI=1S/C65H123NO18/c1-3-5-7-9-11-12-13-14-15-16-17-18-19-20-21-22-23-24-25-26-27-28-29-30-31-32-33-34-35-36-37-39-41-43-53(71)66-48(49(70)42-40-38-10-8-6-4-2)47-79-63-59(77)56(74)61(51(45-68)81-63)84-65-60(78)57(75)62(52(46-69)82-65)83-64-58(76)55(73)54(72)50(44-67)80-64/h40,42,48-52,54-65,67-70,72-78H,3-39,41,43-47H2,1-2H3,(H,66,71)/b42-40+. The van der Waals surface area contributed by atoms with Crippen molar-refractivity contribution in [3.63, 3.8) is 0 Å². The van der Waals surface area contributed by atoms with Crippen molar-refractivity contribution < 1.29 is 89.4 Å². The SMILES string of the molecule is CCCCCC/C=C/C(O)C(COC1OC(CO)C(OC2OC(CO)C(OC3OC(CO)C(O)C(O)C3O)C(O)C2O)C(O)C1O)NC(=O)CCCCCCCCCCCCCCCCCCCCCCCCCCCCCCCCCCC. The number of carbonyl (C=O) groups is 1. The third-order valence-electron chi connectivity index (χ3n) is 17.3. The fraction of sp³-hybridized carbons (Fsp3) is 0.954. The van der Waals surface area contributed by atoms with E-state index in [1.807, 2.05) is 6.08 Å². The molecular formula is C65H123NO18. The van der Waals surface area contributed by atoms with Crippen molar-refractivity contribution in [2.24, 2.45) is 0 Å². The van der Waals surface area contributed by atoms with Gasteiger partial charge in [0.25, 0.3) is 0 Å². The number of unbranched alkanes of at least 4 members (excludes halogenated alkanes) is 36. The molecule has 3 fully saturated rings. The van der Waals surface area contributed by atoms with Crippen LogP contribution in [0.3, 0.4) is 0 Å². The Morgan fingerprint density at radius 2 is 0.738 bits per heavy atom. The summed E-state index contributed by atoms with van der Waals surface area (Å²) in [5, 5.41) is 120. The normalized spacial score (nSPS) is 29.2. The van der Waals surface area contributed by atoms with Crippen LogP contribution in [0, 0.1) is 0 Å². The summed E-state index contributed by atoms with van der Waals surface area (Å²) in [7, 11) is 0. The quantitative estimate of drug-likeness (QED) is 0.0202. The number of carbonyl (C=O) groups excluding carboxylic acids is 1. The van der Waals surface area contributed by atoms with Crippen LogP contribution in [-0.4, -0.2) is 193 Å². The molecule has 0 aromatic heterocycles. The second-order valence-electron chi connectivity index (χ2n) is 24.7. The second-order valence-corrected chi connectivity index (χ2v) is 24.7. The van der Waals surface area contributed by atoms with Gasteiger partial charge in [-0.1, -0.05) is 251 Å². The Balaban J connectivity index is 1.27. The zero-order valence-corrected chi connectivity index (χ0v) is 52.2. The van der Waals surface area contributed by atoms with Gasteiger partial charge in [0.05, 0.1) is 38.6 Å². The van der Waals surface area contributed by atoms with Gasteiger partial charge in [-0.15, -0.1) is 0 Å². The number of aliphatic hydroxyl groups is 11. The lowest BCUT2D eigenvalue weighted by Gasteiger charge is -2.48. The van der Waals surface area contributed by atoms with E-state index >= 15 is 0 Å². The van der Waals surface area contributed by atoms with E-state index in [9.17, 15) is 61.0 Å². The molecule has 84 heavy (non-hydrogen) atoms. The van der Waals surface area contributed by atoms with Gasteiger partial charge in [0.15, 0.2) is 18.9 Å². The summed E-state index contributed by atoms with van der Waals surface area (Å²) in [5.41, 5.74) is 0. The summed E-state index contributed by atoms with van der Waals surface area (Å²) in [5.74, 6) is -0.276. The van der Waals surface area contributed by atoms with E-state index in [0.717, 1.165) is 51.4 Å². The van der Waals surface area contributed by atoms with Gasteiger partial charge in [-0.3, -0.25) is 4.79 Å². The number of aliphatic hydroxyl groups excluding tert-OH is 11. The predicted octanol–water partition coefficient (Wildman–Crippen LogP) is 8.11. The number of allylic oxidation sites excluding steroid dienone is 1. The molecule has 496 valence electrons. The van der Waals surface area contributed by atoms with E-state index in [1.165, 1.54) is 186 Å². The van der Waals surface area contributed by atoms with Crippen molar-refractivity contribution in [2.45, 2.75) is 369 Å². The molecule has 3 aliphatic rings. The van der Waals surface area contributed by atoms with Crippen molar-refractivity contribution in [1.29, 1.82) is 0 Å². The molecule has 0 saturated carbocycles. The fourth-order valence-electron chi connectivity index (χ4n) is 11.8. The van der Waals surface area contributed by atoms with Crippen LogP contribution in [0.25, 0.3) is 0 Å². The van der Waals surface area contributed by atoms with Crippen molar-refractivity contribution in [2.75, 3.05) is 26.4 Å². The van der Waals surface area contributed by atoms with Crippen LogP contribution >= 0.6 is 0 Å². The number of ether oxygens (including phenoxy) is 6. The van der Waals surface area contributed by atoms with Gasteiger partial charge < -0.3 is 89.9 Å². The van der Waals surface area contributed by atoms with Crippen LogP contribution < -0.4 is 5.32 Å². The van der Waals surface area contributed by atoms with E-state index < -0.39 is 124 Å². The number of rotatable bonds is 52. The van der Waals surface area contributed by atoms with Gasteiger partial charge in [-0.25, -0.2) is 0 Å². The highest BCUT2D eigenvalue weighted by molar-refractivity contribution is 5.76. The minimum atomic E-state index is -1.97. The highest BCUT2D eigenvalue weighted by atomic mass is 16.8. The highest BCUT2D eigenvalue weighted by Gasteiger charge is 2.53. The first-order valence-electron chi connectivity index (χ1n) is 33.9. The molecule has 3 heterocycles. The molecule has 1 amide bonds. The molecule has 19 heteroatoms. The van der Waals surface area contributed by atoms with Crippen LogP contribution in [-0.2, 0) is 33.2 Å². The van der Waals surface area contributed by atoms with Gasteiger partial charge in [0.1, 0.15) is 73.2 Å². The lowest BCUT2D eigenvalue weighted by atomic mass is 9.96. The lowest BCUT2D eigenvalue weighted by Crippen LogP contribution is -2.66. The van der Waals surface area contributed by atoms with Crippen LogP contribution in [0.2, 0.25) is 0 Å². The monoisotopic (exact) mass is 1210 g/mol. The molecule has 17 atom stereocenters. The highest BCUT2D eigenvalue weighted by Crippen LogP contribution is 2.33. The first kappa shape index (κ1) is 76.8. The Morgan fingerprint density at radius 1 is 0.417 bits per heavy atom. The number of hydrogen-bond donors (Lipinski definition) is 12. The van der Waals surface area contributed by atoms with E-state index in [1.54, 1.807) is 6.08 Å². The average Bonchev–Trinajstić information content (AvgIpc) is 2.01. The molecule has 3 rings (SSSR count). The summed E-state index contributed by atoms with van der Waals surface area (Å²) in [6.45, 7) is 1.65. The molecule has 17 unspecified atom stereocenters. The van der Waals surface area contributed by atoms with E-state index in [4.69, 9.17) is 28.4 Å². The molecule has 0 aromatic rings. The molecule has 0 radical (unpaired) electrons. The van der Waals surface area contributed by atoms with Crippen LogP contribution in [0.1, 0.15) is 264 Å². The molecule has 12 N–H and O–H groups in total. The van der Waals surface area contributed by atoms with E-state index in [0.29, 0.717) is 6.42 Å². The molecule has 0 aromatic carbocycles. The Kier molecular flexibility index (Phi) is 44.2. The molecule has 3 aliphatic heterocycles. The predicted molar refractivity (Wildman–Crippen MR) is 323 cm³/mol. The van der Waals surface area contributed by atoms with Gasteiger partial charge in [0.2, 0.25) is 5.91 Å². The summed E-state index contributed by atoms with van der Waals surface area (Å²) < 4.78 is 34.1. The number of hydrogen-bond acceptors (Lipinski definition) is 18. The Bertz CT molecular complexity index is 1580. The molecule has 3 saturated heterocycles. The zero-order chi connectivity index (χ0) is 61.2. The molecule has 0 bridgehead atoms. The van der Waals surface area contributed by atoms with E-state index in [2.05, 4.69) is 19.2 Å². The van der Waals surface area contributed by atoms with Crippen LogP contribution in [0.4, 0.5) is 0 Å². The minimum absolute atomic E-state index is 0.248. The first-order chi connectivity index (χ1) is 40.8. The Morgan fingerprint density at radius 3 is 1.12 bits per heavy atom. The minimum Gasteiger partial charge on any atom is -0.394 e. The molecule has 19 nitrogen and oxygen atoms in total. The lowest BCUT2D eigenvalue weighted by molar-refractivity contribution is -0.379. The van der Waals surface area contributed by atoms with Gasteiger partial charge in [-0.05, 0) is 19.3 Å². The van der Waals surface area contributed by atoms with E-state index in [-0.39, 0.29) is 18.9 Å². The van der Waals surface area contributed by atoms with Gasteiger partial charge >= 0.3 is 0 Å². The van der Waals surface area contributed by atoms with Crippen molar-refractivity contribution in [3.8, 4) is 0 Å². The van der Waals surface area contributed by atoms with Crippen molar-refractivity contribution in [1.82, 2.24) is 5.32 Å². The number of nitrogens with one attached hydrogen (secondary N) is 1. The summed E-state index contributed by atoms with van der Waals surface area (Å²) in [4.78, 5) is 13.3. The largest absolute Gasteiger partial charge is 0.394 e. The second kappa shape index (κ2) is 48.4. The van der Waals surface area contributed by atoms with Crippen LogP contribution in [0.5, 0.6) is 0 Å². The average molecular weight is 1210 g/mol. The van der Waals surface area contributed by atoms with Crippen molar-refractivity contribution >= 4 is 5.91 Å². The van der Waals surface area contributed by atoms with Gasteiger partial charge in [0, 0.05) is 6.42 Å².